The Bertz CT molecular complexity index is 805. The molecule has 2 heterocycles. The van der Waals surface area contributed by atoms with Gasteiger partial charge < -0.3 is 9.88 Å². The van der Waals surface area contributed by atoms with E-state index in [4.69, 9.17) is 0 Å². The number of carbonyl (C=O) groups is 1. The number of hydrogen-bond acceptors (Lipinski definition) is 2. The van der Waals surface area contributed by atoms with Gasteiger partial charge in [-0.2, -0.15) is 0 Å². The highest BCUT2D eigenvalue weighted by Crippen LogP contribution is 2.19. The first-order chi connectivity index (χ1) is 10.1. The first-order valence-corrected chi connectivity index (χ1v) is 6.91. The molecule has 0 unspecified atom stereocenters. The Morgan fingerprint density at radius 2 is 2.00 bits per heavy atom. The summed E-state index contributed by atoms with van der Waals surface area (Å²) in [5, 5.41) is 4.02. The predicted octanol–water partition coefficient (Wildman–Crippen LogP) is 3.29. The van der Waals surface area contributed by atoms with Crippen LogP contribution in [0.15, 0.2) is 48.7 Å². The zero-order valence-corrected chi connectivity index (χ0v) is 12.1. The lowest BCUT2D eigenvalue weighted by atomic mass is 10.2. The number of benzene rings is 1. The molecule has 0 saturated heterocycles. The van der Waals surface area contributed by atoms with Gasteiger partial charge in [0.15, 0.2) is 0 Å². The third kappa shape index (κ3) is 2.65. The number of carbonyl (C=O) groups excluding carboxylic acids is 1. The number of anilines is 1. The van der Waals surface area contributed by atoms with E-state index >= 15 is 0 Å². The lowest BCUT2D eigenvalue weighted by molar-refractivity contribution is -0.116. The number of pyridine rings is 1. The monoisotopic (exact) mass is 279 g/mol. The van der Waals surface area contributed by atoms with Crippen molar-refractivity contribution in [2.45, 2.75) is 20.4 Å². The van der Waals surface area contributed by atoms with Crippen molar-refractivity contribution >= 4 is 22.6 Å². The molecule has 0 atom stereocenters. The number of hydrogen-bond donors (Lipinski definition) is 1. The summed E-state index contributed by atoms with van der Waals surface area (Å²) in [6.45, 7) is 4.23. The van der Waals surface area contributed by atoms with Gasteiger partial charge in [-0.15, -0.1) is 0 Å². The molecular weight excluding hydrogens is 262 g/mol. The number of nitrogens with zero attached hydrogens (tertiary/aromatic N) is 2. The Balaban J connectivity index is 1.84. The topological polar surface area (TPSA) is 46.9 Å². The van der Waals surface area contributed by atoms with Crippen molar-refractivity contribution in [2.24, 2.45) is 0 Å². The number of para-hydroxylation sites is 1. The maximum atomic E-state index is 12.3. The second-order valence-electron chi connectivity index (χ2n) is 5.15. The fourth-order valence-electron chi connectivity index (χ4n) is 2.49. The predicted molar refractivity (Wildman–Crippen MR) is 84.3 cm³/mol. The molecule has 106 valence electrons. The highest BCUT2D eigenvalue weighted by Gasteiger charge is 2.10. The van der Waals surface area contributed by atoms with E-state index < -0.39 is 0 Å². The van der Waals surface area contributed by atoms with Crippen LogP contribution in [-0.2, 0) is 11.3 Å². The first-order valence-electron chi connectivity index (χ1n) is 6.91. The molecule has 0 bridgehead atoms. The Hall–Kier alpha value is -2.62. The van der Waals surface area contributed by atoms with E-state index in [0.29, 0.717) is 5.82 Å². The van der Waals surface area contributed by atoms with E-state index in [-0.39, 0.29) is 12.5 Å². The average molecular weight is 279 g/mol. The summed E-state index contributed by atoms with van der Waals surface area (Å²) in [5.74, 6) is 0.554. The standard InChI is InChI=1S/C17H17N3O/c1-12-6-5-9-18-17(12)19-16(21)11-20-13(2)10-14-7-3-4-8-15(14)20/h3-10H,11H2,1-2H3,(H,18,19,21). The van der Waals surface area contributed by atoms with Crippen LogP contribution in [0, 0.1) is 13.8 Å². The van der Waals surface area contributed by atoms with Crippen LogP contribution in [0.5, 0.6) is 0 Å². The average Bonchev–Trinajstić information content (AvgIpc) is 2.78. The Labute approximate surface area is 123 Å². The van der Waals surface area contributed by atoms with Gasteiger partial charge in [0.05, 0.1) is 0 Å². The fraction of sp³-hybridized carbons (Fsp3) is 0.176. The van der Waals surface area contributed by atoms with Crippen LogP contribution >= 0.6 is 0 Å². The third-order valence-electron chi connectivity index (χ3n) is 3.59. The SMILES string of the molecule is Cc1cccnc1NC(=O)Cn1c(C)cc2ccccc21. The van der Waals surface area contributed by atoms with Crippen LogP contribution in [0.4, 0.5) is 5.82 Å². The molecule has 1 N–H and O–H groups in total. The minimum absolute atomic E-state index is 0.0683. The largest absolute Gasteiger partial charge is 0.335 e. The molecule has 0 aliphatic heterocycles. The summed E-state index contributed by atoms with van der Waals surface area (Å²) in [7, 11) is 0. The van der Waals surface area contributed by atoms with Crippen LogP contribution in [-0.4, -0.2) is 15.5 Å². The molecule has 1 amide bonds. The van der Waals surface area contributed by atoms with Crippen LogP contribution in [0.1, 0.15) is 11.3 Å². The van der Waals surface area contributed by atoms with E-state index in [2.05, 4.69) is 22.4 Å². The lowest BCUT2D eigenvalue weighted by Gasteiger charge is -2.10. The zero-order chi connectivity index (χ0) is 14.8. The molecular formula is C17H17N3O. The second-order valence-corrected chi connectivity index (χ2v) is 5.15. The van der Waals surface area contributed by atoms with E-state index in [9.17, 15) is 4.79 Å². The number of amides is 1. The van der Waals surface area contributed by atoms with Crippen molar-refractivity contribution in [3.05, 3.63) is 59.9 Å². The van der Waals surface area contributed by atoms with Crippen molar-refractivity contribution in [2.75, 3.05) is 5.32 Å². The van der Waals surface area contributed by atoms with Crippen molar-refractivity contribution in [3.8, 4) is 0 Å². The van der Waals surface area contributed by atoms with Crippen LogP contribution in [0.3, 0.4) is 0 Å². The molecule has 1 aromatic carbocycles. The molecule has 0 radical (unpaired) electrons. The molecule has 4 nitrogen and oxygen atoms in total. The zero-order valence-electron chi connectivity index (χ0n) is 12.1. The summed E-state index contributed by atoms with van der Waals surface area (Å²) < 4.78 is 2.02. The number of aryl methyl sites for hydroxylation is 2. The number of fused-ring (bicyclic) bond motifs is 1. The Morgan fingerprint density at radius 3 is 2.81 bits per heavy atom. The van der Waals surface area contributed by atoms with Gasteiger partial charge in [0.2, 0.25) is 5.91 Å². The Kier molecular flexibility index (Phi) is 3.44. The maximum absolute atomic E-state index is 12.3. The smallest absolute Gasteiger partial charge is 0.245 e. The van der Waals surface area contributed by atoms with Gasteiger partial charge in [0, 0.05) is 17.4 Å². The summed E-state index contributed by atoms with van der Waals surface area (Å²) >= 11 is 0. The first kappa shape index (κ1) is 13.4. The fourth-order valence-corrected chi connectivity index (χ4v) is 2.49. The number of nitrogens with one attached hydrogen (secondary N) is 1. The van der Waals surface area contributed by atoms with Gasteiger partial charge in [-0.3, -0.25) is 4.79 Å². The van der Waals surface area contributed by atoms with E-state index in [1.807, 2.05) is 48.7 Å². The van der Waals surface area contributed by atoms with Crippen LogP contribution < -0.4 is 5.32 Å². The summed E-state index contributed by atoms with van der Waals surface area (Å²) in [4.78, 5) is 16.4. The van der Waals surface area contributed by atoms with E-state index in [0.717, 1.165) is 22.2 Å². The molecule has 0 spiro atoms. The molecule has 3 rings (SSSR count). The Morgan fingerprint density at radius 1 is 1.19 bits per heavy atom. The highest BCUT2D eigenvalue weighted by atomic mass is 16.2. The molecule has 4 heteroatoms. The van der Waals surface area contributed by atoms with Gasteiger partial charge in [0.1, 0.15) is 12.4 Å². The van der Waals surface area contributed by atoms with Crippen LogP contribution in [0.25, 0.3) is 10.9 Å². The molecule has 21 heavy (non-hydrogen) atoms. The van der Waals surface area contributed by atoms with E-state index in [1.165, 1.54) is 0 Å². The summed E-state index contributed by atoms with van der Waals surface area (Å²) in [6, 6.07) is 14.0. The third-order valence-corrected chi connectivity index (χ3v) is 3.59. The van der Waals surface area contributed by atoms with Crippen LogP contribution in [0.2, 0.25) is 0 Å². The molecule has 2 aromatic heterocycles. The minimum Gasteiger partial charge on any atom is -0.335 e. The van der Waals surface area contributed by atoms with Gasteiger partial charge >= 0.3 is 0 Å². The second kappa shape index (κ2) is 5.40. The van der Waals surface area contributed by atoms with Crippen molar-refractivity contribution in [3.63, 3.8) is 0 Å². The maximum Gasteiger partial charge on any atom is 0.245 e. The van der Waals surface area contributed by atoms with Crippen molar-refractivity contribution < 1.29 is 4.79 Å². The highest BCUT2D eigenvalue weighted by molar-refractivity contribution is 5.92. The van der Waals surface area contributed by atoms with Crippen molar-refractivity contribution in [1.29, 1.82) is 0 Å². The number of rotatable bonds is 3. The molecule has 0 aliphatic rings. The molecule has 3 aromatic rings. The molecule has 0 aliphatic carbocycles. The minimum atomic E-state index is -0.0683. The summed E-state index contributed by atoms with van der Waals surface area (Å²) in [6.07, 6.45) is 1.68. The lowest BCUT2D eigenvalue weighted by Crippen LogP contribution is -2.20. The van der Waals surface area contributed by atoms with Gasteiger partial charge in [0.25, 0.3) is 0 Å². The van der Waals surface area contributed by atoms with Gasteiger partial charge in [-0.1, -0.05) is 24.3 Å². The van der Waals surface area contributed by atoms with Crippen molar-refractivity contribution in [1.82, 2.24) is 9.55 Å². The molecule has 0 saturated carbocycles. The normalized spacial score (nSPS) is 10.8. The van der Waals surface area contributed by atoms with Gasteiger partial charge in [-0.05, 0) is 43.0 Å². The van der Waals surface area contributed by atoms with Gasteiger partial charge in [-0.25, -0.2) is 4.98 Å². The quantitative estimate of drug-likeness (QED) is 0.799. The number of aromatic nitrogens is 2. The molecule has 0 fully saturated rings. The van der Waals surface area contributed by atoms with E-state index in [1.54, 1.807) is 6.20 Å². The summed E-state index contributed by atoms with van der Waals surface area (Å²) in [5.41, 5.74) is 3.10.